The van der Waals surface area contributed by atoms with E-state index in [1.807, 2.05) is 42.5 Å². The summed E-state index contributed by atoms with van der Waals surface area (Å²) in [4.78, 5) is 12.3. The summed E-state index contributed by atoms with van der Waals surface area (Å²) in [6.07, 6.45) is 1.61. The van der Waals surface area contributed by atoms with Crippen LogP contribution in [0.4, 0.5) is 5.69 Å². The van der Waals surface area contributed by atoms with Crippen LogP contribution in [-0.4, -0.2) is 12.5 Å². The molecule has 0 aliphatic carbocycles. The van der Waals surface area contributed by atoms with Gasteiger partial charge in [0.25, 0.3) is 0 Å². The van der Waals surface area contributed by atoms with Crippen molar-refractivity contribution in [2.75, 3.05) is 11.9 Å². The van der Waals surface area contributed by atoms with E-state index in [0.29, 0.717) is 15.7 Å². The summed E-state index contributed by atoms with van der Waals surface area (Å²) < 4.78 is 5.50. The molecule has 1 aromatic heterocycles. The molecule has 1 heterocycles. The van der Waals surface area contributed by atoms with Crippen molar-refractivity contribution in [1.29, 1.82) is 0 Å². The fourth-order valence-corrected chi connectivity index (χ4v) is 2.82. The van der Waals surface area contributed by atoms with Crippen molar-refractivity contribution in [3.63, 3.8) is 0 Å². The van der Waals surface area contributed by atoms with Crippen LogP contribution >= 0.6 is 23.2 Å². The predicted octanol–water partition coefficient (Wildman–Crippen LogP) is 4.90. The summed E-state index contributed by atoms with van der Waals surface area (Å²) in [6.45, 7) is 0.0864. The molecule has 3 aromatic rings. The summed E-state index contributed by atoms with van der Waals surface area (Å²) in [7, 11) is 0. The van der Waals surface area contributed by atoms with Crippen molar-refractivity contribution in [2.45, 2.75) is 6.04 Å². The molecule has 2 N–H and O–H groups in total. The monoisotopic (exact) mass is 374 g/mol. The van der Waals surface area contributed by atoms with E-state index < -0.39 is 0 Å². The number of benzene rings is 2. The molecule has 0 bridgehead atoms. The van der Waals surface area contributed by atoms with Gasteiger partial charge in [0.1, 0.15) is 5.76 Å². The molecule has 2 aromatic carbocycles. The molecule has 1 atom stereocenters. The Hall–Kier alpha value is -2.27. The Labute approximate surface area is 155 Å². The SMILES string of the molecule is O=C(CN[C@@H](c1ccccc1)c1ccco1)Nc1cccc(Cl)c1Cl. The van der Waals surface area contributed by atoms with Crippen molar-refractivity contribution in [2.24, 2.45) is 0 Å². The number of carbonyl (C=O) groups excluding carboxylic acids is 1. The molecule has 0 saturated carbocycles. The second-order valence-corrected chi connectivity index (χ2v) is 6.17. The fraction of sp³-hybridized carbons (Fsp3) is 0.105. The fourth-order valence-electron chi connectivity index (χ4n) is 2.47. The molecule has 0 unspecified atom stereocenters. The van der Waals surface area contributed by atoms with Gasteiger partial charge in [-0.05, 0) is 29.8 Å². The maximum atomic E-state index is 12.3. The lowest BCUT2D eigenvalue weighted by Gasteiger charge is -2.17. The normalized spacial score (nSPS) is 11.9. The molecular weight excluding hydrogens is 359 g/mol. The van der Waals surface area contributed by atoms with E-state index in [9.17, 15) is 4.79 Å². The highest BCUT2D eigenvalue weighted by molar-refractivity contribution is 6.43. The Morgan fingerprint density at radius 1 is 1.00 bits per heavy atom. The van der Waals surface area contributed by atoms with Crippen molar-refractivity contribution in [3.05, 3.63) is 88.3 Å². The van der Waals surface area contributed by atoms with E-state index in [1.165, 1.54) is 0 Å². The lowest BCUT2D eigenvalue weighted by atomic mass is 10.0. The molecule has 0 aliphatic rings. The summed E-state index contributed by atoms with van der Waals surface area (Å²) in [5.74, 6) is 0.511. The first kappa shape index (κ1) is 17.5. The topological polar surface area (TPSA) is 54.3 Å². The average Bonchev–Trinajstić information content (AvgIpc) is 3.14. The lowest BCUT2D eigenvalue weighted by molar-refractivity contribution is -0.115. The molecule has 6 heteroatoms. The summed E-state index contributed by atoms with van der Waals surface area (Å²) in [5.41, 5.74) is 1.49. The summed E-state index contributed by atoms with van der Waals surface area (Å²) >= 11 is 12.1. The van der Waals surface area contributed by atoms with E-state index in [-0.39, 0.29) is 18.5 Å². The Balaban J connectivity index is 1.69. The van der Waals surface area contributed by atoms with Crippen LogP contribution in [-0.2, 0) is 4.79 Å². The molecule has 3 rings (SSSR count). The van der Waals surface area contributed by atoms with Gasteiger partial charge in [-0.15, -0.1) is 0 Å². The Morgan fingerprint density at radius 2 is 1.80 bits per heavy atom. The van der Waals surface area contributed by atoms with Crippen LogP contribution in [0.15, 0.2) is 71.3 Å². The van der Waals surface area contributed by atoms with Crippen molar-refractivity contribution in [1.82, 2.24) is 5.32 Å². The smallest absolute Gasteiger partial charge is 0.238 e. The molecular formula is C19H16Cl2N2O2. The second-order valence-electron chi connectivity index (χ2n) is 5.39. The summed E-state index contributed by atoms with van der Waals surface area (Å²) in [6, 6.07) is 18.3. The van der Waals surface area contributed by atoms with Crippen molar-refractivity contribution in [3.8, 4) is 0 Å². The third kappa shape index (κ3) is 4.42. The van der Waals surface area contributed by atoms with E-state index in [1.54, 1.807) is 24.5 Å². The largest absolute Gasteiger partial charge is 0.467 e. The van der Waals surface area contributed by atoms with Gasteiger partial charge in [-0.25, -0.2) is 0 Å². The van der Waals surface area contributed by atoms with Gasteiger partial charge in [0.15, 0.2) is 0 Å². The zero-order valence-corrected chi connectivity index (χ0v) is 14.7. The second kappa shape index (κ2) is 8.21. The Morgan fingerprint density at radius 3 is 2.52 bits per heavy atom. The number of anilines is 1. The summed E-state index contributed by atoms with van der Waals surface area (Å²) in [5, 5.41) is 6.68. The highest BCUT2D eigenvalue weighted by atomic mass is 35.5. The zero-order valence-electron chi connectivity index (χ0n) is 13.2. The van der Waals surface area contributed by atoms with E-state index in [4.69, 9.17) is 27.6 Å². The molecule has 25 heavy (non-hydrogen) atoms. The van der Waals surface area contributed by atoms with Gasteiger partial charge in [-0.3, -0.25) is 10.1 Å². The van der Waals surface area contributed by atoms with Crippen LogP contribution in [0.5, 0.6) is 0 Å². The van der Waals surface area contributed by atoms with Gasteiger partial charge in [-0.1, -0.05) is 59.6 Å². The molecule has 0 saturated heterocycles. The van der Waals surface area contributed by atoms with Crippen LogP contribution in [0, 0.1) is 0 Å². The Bertz CT molecular complexity index is 836. The molecule has 4 nitrogen and oxygen atoms in total. The molecule has 0 spiro atoms. The van der Waals surface area contributed by atoms with E-state index in [0.717, 1.165) is 11.3 Å². The van der Waals surface area contributed by atoms with Crippen LogP contribution in [0.2, 0.25) is 10.0 Å². The maximum absolute atomic E-state index is 12.3. The number of carbonyl (C=O) groups is 1. The highest BCUT2D eigenvalue weighted by Gasteiger charge is 2.18. The highest BCUT2D eigenvalue weighted by Crippen LogP contribution is 2.29. The molecule has 128 valence electrons. The van der Waals surface area contributed by atoms with Crippen LogP contribution in [0.1, 0.15) is 17.4 Å². The van der Waals surface area contributed by atoms with Gasteiger partial charge in [0.05, 0.1) is 34.6 Å². The van der Waals surface area contributed by atoms with Crippen LogP contribution in [0.3, 0.4) is 0 Å². The van der Waals surface area contributed by atoms with Gasteiger partial charge in [0.2, 0.25) is 5.91 Å². The van der Waals surface area contributed by atoms with Gasteiger partial charge >= 0.3 is 0 Å². The van der Waals surface area contributed by atoms with Crippen molar-refractivity contribution < 1.29 is 9.21 Å². The number of halogens is 2. The standard InChI is InChI=1S/C19H16Cl2N2O2/c20-14-8-4-9-15(18(14)21)23-17(24)12-22-19(16-10-5-11-25-16)13-6-2-1-3-7-13/h1-11,19,22H,12H2,(H,23,24)/t19-/m0/s1. The van der Waals surface area contributed by atoms with E-state index in [2.05, 4.69) is 10.6 Å². The van der Waals surface area contributed by atoms with Gasteiger partial charge in [-0.2, -0.15) is 0 Å². The van der Waals surface area contributed by atoms with Crippen molar-refractivity contribution >= 4 is 34.8 Å². The first-order valence-corrected chi connectivity index (χ1v) is 8.46. The maximum Gasteiger partial charge on any atom is 0.238 e. The molecule has 1 amide bonds. The minimum Gasteiger partial charge on any atom is -0.467 e. The molecule has 0 fully saturated rings. The molecule has 0 aliphatic heterocycles. The van der Waals surface area contributed by atoms with Gasteiger partial charge < -0.3 is 9.73 Å². The molecule has 0 radical (unpaired) electrons. The number of hydrogen-bond donors (Lipinski definition) is 2. The number of amides is 1. The number of rotatable bonds is 6. The van der Waals surface area contributed by atoms with E-state index >= 15 is 0 Å². The Kier molecular flexibility index (Phi) is 5.76. The number of furan rings is 1. The average molecular weight is 375 g/mol. The number of nitrogens with one attached hydrogen (secondary N) is 2. The third-order valence-electron chi connectivity index (χ3n) is 3.65. The predicted molar refractivity (Wildman–Crippen MR) is 100 cm³/mol. The number of hydrogen-bond acceptors (Lipinski definition) is 3. The first-order chi connectivity index (χ1) is 12.1. The minimum atomic E-state index is -0.225. The quantitative estimate of drug-likeness (QED) is 0.644. The zero-order chi connectivity index (χ0) is 17.6. The minimum absolute atomic E-state index is 0.0864. The van der Waals surface area contributed by atoms with Gasteiger partial charge in [0, 0.05) is 0 Å². The van der Waals surface area contributed by atoms with Crippen LogP contribution in [0.25, 0.3) is 0 Å². The third-order valence-corrected chi connectivity index (χ3v) is 4.47. The lowest BCUT2D eigenvalue weighted by Crippen LogP contribution is -2.31. The van der Waals surface area contributed by atoms with Crippen LogP contribution < -0.4 is 10.6 Å². The first-order valence-electron chi connectivity index (χ1n) is 7.71.